The molecule has 0 saturated heterocycles. The third-order valence-corrected chi connectivity index (χ3v) is 8.89. The Bertz CT molecular complexity index is 1650. The molecule has 0 spiro atoms. The molecule has 0 saturated carbocycles. The highest BCUT2D eigenvalue weighted by atomic mass is 32.1. The summed E-state index contributed by atoms with van der Waals surface area (Å²) >= 11 is 1.32. The first-order chi connectivity index (χ1) is 22.0. The number of amides is 1. The average Bonchev–Trinajstić information content (AvgIpc) is 3.49. The van der Waals surface area contributed by atoms with Gasteiger partial charge in [0.15, 0.2) is 17.7 Å². The van der Waals surface area contributed by atoms with Crippen molar-refractivity contribution in [2.45, 2.75) is 64.3 Å². The van der Waals surface area contributed by atoms with Crippen molar-refractivity contribution in [2.24, 2.45) is 5.73 Å². The first kappa shape index (κ1) is 32.8. The van der Waals surface area contributed by atoms with Crippen LogP contribution in [0.25, 0.3) is 0 Å². The maximum atomic E-state index is 13.2. The monoisotopic (exact) mass is 638 g/mol. The molecule has 0 radical (unpaired) electrons. The normalized spacial score (nSPS) is 13.5. The minimum atomic E-state index is -1.35. The zero-order valence-corrected chi connectivity index (χ0v) is 27.0. The molecule has 1 aliphatic heterocycles. The van der Waals surface area contributed by atoms with Gasteiger partial charge >= 0.3 is 12.1 Å². The summed E-state index contributed by atoms with van der Waals surface area (Å²) in [6.45, 7) is 6.29. The fourth-order valence-electron chi connectivity index (χ4n) is 5.25. The number of nitrogens with zero attached hydrogens (tertiary/aromatic N) is 1. The lowest BCUT2D eigenvalue weighted by Crippen LogP contribution is -2.39. The van der Waals surface area contributed by atoms with Crippen LogP contribution in [0.1, 0.15) is 80.5 Å². The summed E-state index contributed by atoms with van der Waals surface area (Å²) in [5.41, 5.74) is 9.39. The summed E-state index contributed by atoms with van der Waals surface area (Å²) in [7, 11) is 0. The molecular formula is C37H38N2O6S. The van der Waals surface area contributed by atoms with Crippen molar-refractivity contribution in [1.82, 2.24) is 4.90 Å². The highest BCUT2D eigenvalue weighted by molar-refractivity contribution is 7.14. The van der Waals surface area contributed by atoms with Gasteiger partial charge in [-0.25, -0.2) is 4.79 Å². The van der Waals surface area contributed by atoms with E-state index in [0.29, 0.717) is 36.4 Å². The highest BCUT2D eigenvalue weighted by Gasteiger charge is 2.31. The largest absolute Gasteiger partial charge is 0.453 e. The molecule has 5 rings (SSSR count). The molecule has 1 aromatic heterocycles. The SMILES string of the molecule is CC(C)(C)OC(=O)N1CCc2sc(C(=O)C(N)C(=O)c3ccc(CCC(=O)OC(c4ccccc4)c4ccccc4)cc3)cc2C1. The number of esters is 1. The lowest BCUT2D eigenvalue weighted by molar-refractivity contribution is -0.147. The minimum absolute atomic E-state index is 0.163. The molecule has 238 valence electrons. The van der Waals surface area contributed by atoms with Crippen LogP contribution in [0.4, 0.5) is 4.79 Å². The van der Waals surface area contributed by atoms with Crippen LogP contribution >= 0.6 is 11.3 Å². The van der Waals surface area contributed by atoms with Crippen molar-refractivity contribution < 1.29 is 28.7 Å². The summed E-state index contributed by atoms with van der Waals surface area (Å²) in [5, 5.41) is 0. The molecule has 9 heteroatoms. The van der Waals surface area contributed by atoms with E-state index >= 15 is 0 Å². The topological polar surface area (TPSA) is 116 Å². The molecule has 0 aliphatic carbocycles. The van der Waals surface area contributed by atoms with E-state index in [-0.39, 0.29) is 12.4 Å². The Kier molecular flexibility index (Phi) is 10.1. The van der Waals surface area contributed by atoms with Crippen LogP contribution in [-0.4, -0.2) is 46.7 Å². The Morgan fingerprint density at radius 3 is 2.07 bits per heavy atom. The molecule has 8 nitrogen and oxygen atoms in total. The number of carbonyl (C=O) groups is 4. The number of fused-ring (bicyclic) bond motifs is 1. The predicted octanol–water partition coefficient (Wildman–Crippen LogP) is 6.70. The van der Waals surface area contributed by atoms with Crippen molar-refractivity contribution in [1.29, 1.82) is 0 Å². The number of carbonyl (C=O) groups excluding carboxylic acids is 4. The van der Waals surface area contributed by atoms with Crippen LogP contribution in [0, 0.1) is 0 Å². The van der Waals surface area contributed by atoms with Gasteiger partial charge in [-0.15, -0.1) is 11.3 Å². The number of benzene rings is 3. The molecule has 46 heavy (non-hydrogen) atoms. The van der Waals surface area contributed by atoms with Gasteiger partial charge in [0.1, 0.15) is 11.6 Å². The van der Waals surface area contributed by atoms with E-state index in [9.17, 15) is 19.2 Å². The molecule has 1 aliphatic rings. The first-order valence-electron chi connectivity index (χ1n) is 15.3. The van der Waals surface area contributed by atoms with Gasteiger partial charge in [0.05, 0.1) is 11.4 Å². The Labute approximate surface area is 273 Å². The number of aryl methyl sites for hydroxylation is 1. The number of nitrogens with two attached hydrogens (primary N) is 1. The van der Waals surface area contributed by atoms with Crippen LogP contribution in [0.5, 0.6) is 0 Å². The predicted molar refractivity (Wildman–Crippen MR) is 177 cm³/mol. The molecule has 2 heterocycles. The van der Waals surface area contributed by atoms with Crippen LogP contribution in [-0.2, 0) is 33.7 Å². The lowest BCUT2D eigenvalue weighted by Gasteiger charge is -2.29. The quantitative estimate of drug-likeness (QED) is 0.117. The van der Waals surface area contributed by atoms with Gasteiger partial charge < -0.3 is 20.1 Å². The van der Waals surface area contributed by atoms with Crippen LogP contribution in [0.2, 0.25) is 0 Å². The van der Waals surface area contributed by atoms with Gasteiger partial charge in [0.2, 0.25) is 0 Å². The number of ether oxygens (including phenoxy) is 2. The van der Waals surface area contributed by atoms with Crippen molar-refractivity contribution in [3.05, 3.63) is 129 Å². The second kappa shape index (κ2) is 14.2. The van der Waals surface area contributed by atoms with E-state index < -0.39 is 35.4 Å². The summed E-state index contributed by atoms with van der Waals surface area (Å²) < 4.78 is 11.4. The maximum absolute atomic E-state index is 13.2. The summed E-state index contributed by atoms with van der Waals surface area (Å²) in [6, 6.07) is 26.4. The molecule has 3 aromatic carbocycles. The maximum Gasteiger partial charge on any atom is 0.410 e. The molecule has 4 aromatic rings. The van der Waals surface area contributed by atoms with Gasteiger partial charge in [0.25, 0.3) is 0 Å². The van der Waals surface area contributed by atoms with Crippen LogP contribution in [0.3, 0.4) is 0 Å². The fraction of sp³-hybridized carbons (Fsp3) is 0.297. The fourth-order valence-corrected chi connectivity index (χ4v) is 6.39. The van der Waals surface area contributed by atoms with Crippen molar-refractivity contribution in [3.8, 4) is 0 Å². The van der Waals surface area contributed by atoms with Gasteiger partial charge in [-0.2, -0.15) is 0 Å². The number of ketones is 2. The van der Waals surface area contributed by atoms with Crippen molar-refractivity contribution in [2.75, 3.05) is 6.54 Å². The lowest BCUT2D eigenvalue weighted by atomic mass is 9.98. The van der Waals surface area contributed by atoms with Gasteiger partial charge in [0, 0.05) is 23.4 Å². The Morgan fingerprint density at radius 2 is 1.48 bits per heavy atom. The Morgan fingerprint density at radius 1 is 0.870 bits per heavy atom. The molecule has 0 bridgehead atoms. The molecule has 0 fully saturated rings. The molecular weight excluding hydrogens is 600 g/mol. The number of thiophene rings is 1. The first-order valence-corrected chi connectivity index (χ1v) is 16.1. The van der Waals surface area contributed by atoms with E-state index in [1.165, 1.54) is 11.3 Å². The molecule has 1 unspecified atom stereocenters. The zero-order chi connectivity index (χ0) is 32.8. The minimum Gasteiger partial charge on any atom is -0.453 e. The number of hydrogen-bond acceptors (Lipinski definition) is 8. The summed E-state index contributed by atoms with van der Waals surface area (Å²) in [4.78, 5) is 54.8. The van der Waals surface area contributed by atoms with Crippen LogP contribution in [0.15, 0.2) is 91.0 Å². The van der Waals surface area contributed by atoms with Gasteiger partial charge in [-0.3, -0.25) is 14.4 Å². The smallest absolute Gasteiger partial charge is 0.410 e. The second-order valence-corrected chi connectivity index (χ2v) is 13.4. The van der Waals surface area contributed by atoms with Gasteiger partial charge in [-0.05, 0) is 61.9 Å². The zero-order valence-electron chi connectivity index (χ0n) is 26.2. The van der Waals surface area contributed by atoms with Crippen LogP contribution < -0.4 is 5.73 Å². The second-order valence-electron chi connectivity index (χ2n) is 12.3. The van der Waals surface area contributed by atoms with Gasteiger partial charge in [-0.1, -0.05) is 84.9 Å². The highest BCUT2D eigenvalue weighted by Crippen LogP contribution is 2.30. The standard InChI is InChI=1S/C37H38N2O6S/c1-37(2,3)45-36(43)39-21-20-29-28(23-39)22-30(46-29)34(42)32(38)33(41)25-17-14-24(15-18-25)16-19-31(40)44-35(26-10-6-4-7-11-26)27-12-8-5-9-13-27/h4-15,17-18,22,32,35H,16,19-21,23,38H2,1-3H3. The van der Waals surface area contributed by atoms with E-state index in [1.807, 2.05) is 81.4 Å². The Hall–Kier alpha value is -4.60. The average molecular weight is 639 g/mol. The van der Waals surface area contributed by atoms with Crippen molar-refractivity contribution >= 4 is 35.0 Å². The third-order valence-electron chi connectivity index (χ3n) is 7.64. The van der Waals surface area contributed by atoms with Crippen molar-refractivity contribution in [3.63, 3.8) is 0 Å². The number of Topliss-reactive ketones (excluding diaryl/α,β-unsaturated/α-hetero) is 2. The molecule has 2 N–H and O–H groups in total. The third kappa shape index (κ3) is 8.16. The van der Waals surface area contributed by atoms with E-state index in [1.54, 1.807) is 35.2 Å². The number of rotatable bonds is 10. The Balaban J connectivity index is 1.16. The molecule has 1 atom stereocenters. The van der Waals surface area contributed by atoms with E-state index in [0.717, 1.165) is 27.1 Å². The summed E-state index contributed by atoms with van der Waals surface area (Å²) in [5.74, 6) is -1.27. The molecule has 1 amide bonds. The van der Waals surface area contributed by atoms with E-state index in [2.05, 4.69) is 0 Å². The number of hydrogen-bond donors (Lipinski definition) is 1. The summed E-state index contributed by atoms with van der Waals surface area (Å²) in [6.07, 6.45) is 0.287. The van der Waals surface area contributed by atoms with E-state index in [4.69, 9.17) is 15.2 Å².